The highest BCUT2D eigenvalue weighted by Gasteiger charge is 2.45. The summed E-state index contributed by atoms with van der Waals surface area (Å²) in [4.78, 5) is 107. The maximum Gasteiger partial charge on any atom is 0.407 e. The lowest BCUT2D eigenvalue weighted by molar-refractivity contribution is -0.143. The van der Waals surface area contributed by atoms with Crippen LogP contribution >= 0.6 is 0 Å². The second-order valence-corrected chi connectivity index (χ2v) is 19.2. The molecule has 0 spiro atoms. The van der Waals surface area contributed by atoms with Crippen LogP contribution in [0.3, 0.4) is 0 Å². The van der Waals surface area contributed by atoms with Crippen molar-refractivity contribution in [1.29, 1.82) is 0 Å². The van der Waals surface area contributed by atoms with Crippen LogP contribution in [0.4, 0.5) is 4.79 Å². The third-order valence-corrected chi connectivity index (χ3v) is 13.7. The predicted molar refractivity (Wildman–Crippen MR) is 288 cm³/mol. The molecule has 0 radical (unpaired) electrons. The zero-order chi connectivity index (χ0) is 54.1. The van der Waals surface area contributed by atoms with Crippen molar-refractivity contribution in [2.75, 3.05) is 26.2 Å². The number of carbonyl (C=O) groups excluding carboxylic acids is 7. The number of hydrogen-bond donors (Lipinski definition) is 9. The Morgan fingerprint density at radius 3 is 1.86 bits per heavy atom. The fourth-order valence-corrected chi connectivity index (χ4v) is 9.65. The van der Waals surface area contributed by atoms with Crippen molar-refractivity contribution in [3.63, 3.8) is 0 Å². The molecule has 0 bridgehead atoms. The molecule has 3 heterocycles. The summed E-state index contributed by atoms with van der Waals surface area (Å²) in [7, 11) is 0. The molecule has 78 heavy (non-hydrogen) atoms. The van der Waals surface area contributed by atoms with Gasteiger partial charge in [-0.3, -0.25) is 28.8 Å². The number of fused-ring (bicyclic) bond motifs is 2. The van der Waals surface area contributed by atoms with Crippen molar-refractivity contribution in [3.05, 3.63) is 174 Å². The highest BCUT2D eigenvalue weighted by atomic mass is 35.5. The number of nitrogens with one attached hydrogen (secondary N) is 7. The number of H-pyrrole nitrogens is 1. The number of carbonyl (C=O) groups is 7. The van der Waals surface area contributed by atoms with E-state index in [0.29, 0.717) is 54.0 Å². The predicted octanol–water partition coefficient (Wildman–Crippen LogP) is 0.373. The van der Waals surface area contributed by atoms with Gasteiger partial charge in [-0.2, -0.15) is 0 Å². The number of aromatic nitrogens is 1. The van der Waals surface area contributed by atoms with Crippen LogP contribution in [0.2, 0.25) is 0 Å². The van der Waals surface area contributed by atoms with Crippen molar-refractivity contribution >= 4 is 52.4 Å². The Hall–Kier alpha value is -8.26. The summed E-state index contributed by atoms with van der Waals surface area (Å²) in [6, 6.07) is 33.6. The summed E-state index contributed by atoms with van der Waals surface area (Å²) in [5.74, 6) is -3.76. The van der Waals surface area contributed by atoms with Crippen LogP contribution in [0, 0.1) is 0 Å². The summed E-state index contributed by atoms with van der Waals surface area (Å²) >= 11 is 0. The molecule has 19 nitrogen and oxygen atoms in total. The molecule has 0 unspecified atom stereocenters. The highest BCUT2D eigenvalue weighted by molar-refractivity contribution is 5.99. The molecule has 2 aliphatic heterocycles. The van der Waals surface area contributed by atoms with Gasteiger partial charge < -0.3 is 75.1 Å². The standard InChI is InChI=1S/C58H66N10O9.ClH/c59-27-13-12-22-46-52(69)64-47(30-38-23-25-42(26-24-38)76-36-39-16-6-2-7-17-39)53(70)66-49(31-37-14-4-1-5-15-37)57(74)68-35-43(77-58(75)61-29-28-60)33-50(68)55(72)67-51(40-18-8-3-9-19-40)56(73)65-48(54(71)63-46)32-41-34-62-45-21-11-10-20-44(41)45;/h1-11,14-21,23-26,34,43,46-51,62H,12-13,22,27-33,35-36,59-60H2,(H,61,75)(H,63,71)(H,64,69)(H,65,73)(H,66,70)(H,67,72);1H/p-1/t43-,46+,47+,48-,49+,50+,51+;/m1./s1. The molecule has 2 fully saturated rings. The number of unbranched alkanes of at least 4 members (excludes halogenated alkanes) is 1. The zero-order valence-corrected chi connectivity index (χ0v) is 43.8. The monoisotopic (exact) mass is 1080 g/mol. The topological polar surface area (TPSA) is 281 Å². The Morgan fingerprint density at radius 2 is 1.17 bits per heavy atom. The van der Waals surface area contributed by atoms with Gasteiger partial charge in [0.25, 0.3) is 0 Å². The smallest absolute Gasteiger partial charge is 0.407 e. The molecule has 0 saturated carbocycles. The Kier molecular flexibility index (Phi) is 20.8. The average molecular weight is 1080 g/mol. The van der Waals surface area contributed by atoms with E-state index >= 15 is 9.59 Å². The average Bonchev–Trinajstić information content (AvgIpc) is 4.09. The summed E-state index contributed by atoms with van der Waals surface area (Å²) in [5.41, 5.74) is 15.7. The maximum atomic E-state index is 15.3. The zero-order valence-electron chi connectivity index (χ0n) is 43.0. The van der Waals surface area contributed by atoms with Gasteiger partial charge >= 0.3 is 6.09 Å². The number of rotatable bonds is 17. The number of para-hydroxylation sites is 1. The molecular weight excluding hydrogens is 1020 g/mol. The third-order valence-electron chi connectivity index (χ3n) is 13.7. The molecule has 5 aromatic carbocycles. The van der Waals surface area contributed by atoms with E-state index in [-0.39, 0.29) is 64.1 Å². The molecule has 410 valence electrons. The van der Waals surface area contributed by atoms with Crippen molar-refractivity contribution in [3.8, 4) is 5.75 Å². The van der Waals surface area contributed by atoms with E-state index in [0.717, 1.165) is 16.5 Å². The van der Waals surface area contributed by atoms with Crippen molar-refractivity contribution in [2.24, 2.45) is 11.5 Å². The number of aromatic amines is 1. The molecule has 7 atom stereocenters. The van der Waals surface area contributed by atoms with Gasteiger partial charge in [0.2, 0.25) is 35.4 Å². The first-order valence-electron chi connectivity index (χ1n) is 26.0. The number of ether oxygens (including phenoxy) is 2. The van der Waals surface area contributed by atoms with Gasteiger partial charge in [-0.05, 0) is 71.8 Å². The molecule has 20 heteroatoms. The minimum atomic E-state index is -1.42. The number of hydrogen-bond acceptors (Lipinski definition) is 11. The van der Waals surface area contributed by atoms with Crippen LogP contribution in [0.25, 0.3) is 10.9 Å². The molecule has 2 aliphatic rings. The largest absolute Gasteiger partial charge is 1.00 e. The minimum Gasteiger partial charge on any atom is -1.00 e. The van der Waals surface area contributed by atoms with Crippen molar-refractivity contribution in [1.82, 2.24) is 41.8 Å². The quantitative estimate of drug-likeness (QED) is 0.0563. The normalized spacial score (nSPS) is 21.3. The van der Waals surface area contributed by atoms with E-state index in [1.807, 2.05) is 60.7 Å². The van der Waals surface area contributed by atoms with Crippen LogP contribution in [0.1, 0.15) is 59.5 Å². The third kappa shape index (κ3) is 15.5. The van der Waals surface area contributed by atoms with E-state index in [9.17, 15) is 24.0 Å². The van der Waals surface area contributed by atoms with E-state index in [1.165, 1.54) is 4.90 Å². The van der Waals surface area contributed by atoms with Crippen molar-refractivity contribution in [2.45, 2.75) is 93.9 Å². The molecule has 8 rings (SSSR count). The van der Waals surface area contributed by atoms with Crippen LogP contribution in [0.5, 0.6) is 5.75 Å². The number of halogens is 1. The Bertz CT molecular complexity index is 2970. The maximum absolute atomic E-state index is 15.3. The van der Waals surface area contributed by atoms with Gasteiger partial charge in [-0.25, -0.2) is 4.79 Å². The first kappa shape index (κ1) is 57.4. The van der Waals surface area contributed by atoms with Gasteiger partial charge in [-0.1, -0.05) is 121 Å². The highest BCUT2D eigenvalue weighted by Crippen LogP contribution is 2.26. The van der Waals surface area contributed by atoms with E-state index in [4.69, 9.17) is 20.9 Å². The second-order valence-electron chi connectivity index (χ2n) is 19.2. The SMILES string of the molecule is NCCCC[C@@H]1NC(=O)[C@@H](Cc2c[nH]c3ccccc23)NC(=O)[C@H](c2ccccc2)NC(=O)[C@@H]2C[C@@H](OC(=O)NCCN)CN2C(=O)[C@H](Cc2ccccc2)NC(=O)[C@H](Cc2ccc(OCc3ccccc3)cc2)NC1=O.[Cl-]. The van der Waals surface area contributed by atoms with Crippen LogP contribution in [-0.4, -0.2) is 114 Å². The van der Waals surface area contributed by atoms with Gasteiger partial charge in [-0.15, -0.1) is 0 Å². The molecular formula is C58H66ClN10O9-. The second kappa shape index (κ2) is 28.2. The number of nitrogens with zero attached hydrogens (tertiary/aromatic N) is 1. The summed E-state index contributed by atoms with van der Waals surface area (Å²) in [6.45, 7) is 0.617. The fraction of sp³-hybridized carbons (Fsp3) is 0.328. The van der Waals surface area contributed by atoms with Gasteiger partial charge in [0, 0.05) is 55.9 Å². The molecule has 2 saturated heterocycles. The van der Waals surface area contributed by atoms with Gasteiger partial charge in [0.1, 0.15) is 54.7 Å². The fourth-order valence-electron chi connectivity index (χ4n) is 9.65. The molecule has 7 amide bonds. The minimum absolute atomic E-state index is 0. The lowest BCUT2D eigenvalue weighted by atomic mass is 9.99. The summed E-state index contributed by atoms with van der Waals surface area (Å²) < 4.78 is 11.8. The van der Waals surface area contributed by atoms with Crippen LogP contribution in [-0.2, 0) is 59.4 Å². The Morgan fingerprint density at radius 1 is 0.590 bits per heavy atom. The Labute approximate surface area is 458 Å². The van der Waals surface area contributed by atoms with Crippen LogP contribution < -0.4 is 60.5 Å². The molecule has 11 N–H and O–H groups in total. The summed E-state index contributed by atoms with van der Waals surface area (Å²) in [6.07, 6.45) is 0.652. The number of alkyl carbamates (subject to hydrolysis) is 1. The van der Waals surface area contributed by atoms with Crippen LogP contribution in [0.15, 0.2) is 146 Å². The Balaban J connectivity index is 0.00000882. The first-order chi connectivity index (χ1) is 37.5. The van der Waals surface area contributed by atoms with Gasteiger partial charge in [0.15, 0.2) is 0 Å². The number of amides is 7. The van der Waals surface area contributed by atoms with E-state index < -0.39 is 83.9 Å². The number of benzene rings is 5. The van der Waals surface area contributed by atoms with E-state index in [1.54, 1.807) is 85.1 Å². The molecule has 1 aromatic heterocycles. The lowest BCUT2D eigenvalue weighted by Gasteiger charge is -2.32. The lowest BCUT2D eigenvalue weighted by Crippen LogP contribution is -3.00. The number of nitrogens with two attached hydrogens (primary N) is 2. The van der Waals surface area contributed by atoms with Gasteiger partial charge in [0.05, 0.1) is 6.54 Å². The van der Waals surface area contributed by atoms with Crippen molar-refractivity contribution < 1.29 is 55.4 Å². The first-order valence-corrected chi connectivity index (χ1v) is 26.0. The van der Waals surface area contributed by atoms with E-state index in [2.05, 4.69) is 36.9 Å². The summed E-state index contributed by atoms with van der Waals surface area (Å²) in [5, 5.41) is 17.9. The molecule has 0 aliphatic carbocycles. The molecule has 6 aromatic rings.